The summed E-state index contributed by atoms with van der Waals surface area (Å²) < 4.78 is 5.06. The zero-order valence-corrected chi connectivity index (χ0v) is 11.7. The van der Waals surface area contributed by atoms with Crippen molar-refractivity contribution in [3.05, 3.63) is 42.2 Å². The zero-order chi connectivity index (χ0) is 14.7. The monoisotopic (exact) mass is 284 g/mol. The van der Waals surface area contributed by atoms with Gasteiger partial charge in [0.1, 0.15) is 5.75 Å². The van der Waals surface area contributed by atoms with Gasteiger partial charge < -0.3 is 10.1 Å². The van der Waals surface area contributed by atoms with Crippen molar-refractivity contribution in [1.29, 1.82) is 0 Å². The molecular weight excluding hydrogens is 268 g/mol. The van der Waals surface area contributed by atoms with Gasteiger partial charge in [-0.25, -0.2) is 14.8 Å². The van der Waals surface area contributed by atoms with Crippen molar-refractivity contribution in [2.45, 2.75) is 18.8 Å². The maximum atomic E-state index is 11.9. The third-order valence-corrected chi connectivity index (χ3v) is 3.25. The first-order chi connectivity index (χ1) is 10.2. The average molecular weight is 284 g/mol. The first kappa shape index (κ1) is 13.4. The fourth-order valence-corrected chi connectivity index (χ4v) is 1.98. The minimum atomic E-state index is -0.367. The van der Waals surface area contributed by atoms with Crippen molar-refractivity contribution in [3.63, 3.8) is 0 Å². The van der Waals surface area contributed by atoms with Gasteiger partial charge in [-0.3, -0.25) is 5.32 Å². The van der Waals surface area contributed by atoms with Gasteiger partial charge in [0.2, 0.25) is 5.95 Å². The summed E-state index contributed by atoms with van der Waals surface area (Å²) >= 11 is 0. The molecule has 1 aliphatic carbocycles. The highest BCUT2D eigenvalue weighted by atomic mass is 16.5. The summed E-state index contributed by atoms with van der Waals surface area (Å²) in [4.78, 5) is 20.3. The molecule has 3 rings (SSSR count). The third-order valence-electron chi connectivity index (χ3n) is 3.25. The van der Waals surface area contributed by atoms with Crippen LogP contribution in [-0.4, -0.2) is 23.1 Å². The predicted molar refractivity (Wildman–Crippen MR) is 79.6 cm³/mol. The Morgan fingerprint density at radius 1 is 1.19 bits per heavy atom. The number of carbonyl (C=O) groups excluding carboxylic acids is 1. The maximum Gasteiger partial charge on any atom is 0.326 e. The van der Waals surface area contributed by atoms with Gasteiger partial charge in [0.25, 0.3) is 0 Å². The number of nitrogens with one attached hydrogen (secondary N) is 2. The quantitative estimate of drug-likeness (QED) is 0.904. The summed E-state index contributed by atoms with van der Waals surface area (Å²) in [7, 11) is 1.60. The lowest BCUT2D eigenvalue weighted by Gasteiger charge is -2.08. The van der Waals surface area contributed by atoms with E-state index >= 15 is 0 Å². The zero-order valence-electron chi connectivity index (χ0n) is 11.7. The normalized spacial score (nSPS) is 13.6. The van der Waals surface area contributed by atoms with E-state index in [9.17, 15) is 4.79 Å². The van der Waals surface area contributed by atoms with Crippen LogP contribution >= 0.6 is 0 Å². The van der Waals surface area contributed by atoms with E-state index in [2.05, 4.69) is 20.6 Å². The number of benzene rings is 1. The molecule has 2 N–H and O–H groups in total. The number of hydrogen-bond donors (Lipinski definition) is 2. The molecule has 21 heavy (non-hydrogen) atoms. The molecule has 2 aromatic rings. The van der Waals surface area contributed by atoms with E-state index in [4.69, 9.17) is 4.74 Å². The Labute approximate surface area is 122 Å². The van der Waals surface area contributed by atoms with Crippen LogP contribution in [0.15, 0.2) is 36.5 Å². The summed E-state index contributed by atoms with van der Waals surface area (Å²) in [6.45, 7) is 0. The van der Waals surface area contributed by atoms with Gasteiger partial charge in [0.15, 0.2) is 0 Å². The lowest BCUT2D eigenvalue weighted by Crippen LogP contribution is -2.21. The summed E-state index contributed by atoms with van der Waals surface area (Å²) in [5.74, 6) is 1.59. The molecule has 0 radical (unpaired) electrons. The lowest BCUT2D eigenvalue weighted by atomic mass is 10.3. The molecule has 1 heterocycles. The highest BCUT2D eigenvalue weighted by Crippen LogP contribution is 2.38. The number of aromatic nitrogens is 2. The number of nitrogens with zero attached hydrogens (tertiary/aromatic N) is 2. The van der Waals surface area contributed by atoms with Crippen molar-refractivity contribution in [2.75, 3.05) is 17.7 Å². The molecule has 2 amide bonds. The predicted octanol–water partition coefficient (Wildman–Crippen LogP) is 3.01. The molecule has 1 aromatic heterocycles. The van der Waals surface area contributed by atoms with Crippen molar-refractivity contribution in [2.24, 2.45) is 0 Å². The van der Waals surface area contributed by atoms with E-state index in [0.717, 1.165) is 24.3 Å². The number of amides is 2. The number of carbonyl (C=O) groups is 1. The van der Waals surface area contributed by atoms with E-state index in [1.54, 1.807) is 37.6 Å². The number of hydrogen-bond acceptors (Lipinski definition) is 4. The van der Waals surface area contributed by atoms with Gasteiger partial charge in [-0.05, 0) is 43.2 Å². The second kappa shape index (κ2) is 5.78. The minimum absolute atomic E-state index is 0.324. The van der Waals surface area contributed by atoms with Crippen LogP contribution in [0.1, 0.15) is 24.5 Å². The summed E-state index contributed by atoms with van der Waals surface area (Å²) in [6.07, 6.45) is 3.99. The molecule has 0 unspecified atom stereocenters. The number of rotatable bonds is 4. The van der Waals surface area contributed by atoms with Crippen LogP contribution < -0.4 is 15.4 Å². The lowest BCUT2D eigenvalue weighted by molar-refractivity contribution is 0.262. The molecule has 1 saturated carbocycles. The number of anilines is 2. The Bertz CT molecular complexity index is 638. The fraction of sp³-hybridized carbons (Fsp3) is 0.267. The topological polar surface area (TPSA) is 76.1 Å². The molecule has 1 fully saturated rings. The second-order valence-electron chi connectivity index (χ2n) is 4.89. The van der Waals surface area contributed by atoms with Crippen LogP contribution in [0.25, 0.3) is 0 Å². The van der Waals surface area contributed by atoms with E-state index in [-0.39, 0.29) is 6.03 Å². The summed E-state index contributed by atoms with van der Waals surface area (Å²) in [5, 5.41) is 5.36. The van der Waals surface area contributed by atoms with E-state index in [1.165, 1.54) is 0 Å². The van der Waals surface area contributed by atoms with E-state index < -0.39 is 0 Å². The third kappa shape index (κ3) is 3.47. The molecule has 1 aromatic carbocycles. The molecule has 0 aliphatic heterocycles. The molecule has 0 spiro atoms. The second-order valence-corrected chi connectivity index (χ2v) is 4.89. The van der Waals surface area contributed by atoms with Gasteiger partial charge in [-0.15, -0.1) is 0 Å². The van der Waals surface area contributed by atoms with Crippen LogP contribution in [0.3, 0.4) is 0 Å². The number of urea groups is 1. The van der Waals surface area contributed by atoms with Crippen LogP contribution in [-0.2, 0) is 0 Å². The fourth-order valence-electron chi connectivity index (χ4n) is 1.98. The van der Waals surface area contributed by atoms with Crippen LogP contribution in [0.4, 0.5) is 16.4 Å². The van der Waals surface area contributed by atoms with E-state index in [1.807, 2.05) is 6.07 Å². The Morgan fingerprint density at radius 3 is 2.62 bits per heavy atom. The molecular formula is C15H16N4O2. The van der Waals surface area contributed by atoms with E-state index in [0.29, 0.717) is 17.6 Å². The molecule has 0 bridgehead atoms. The summed E-state index contributed by atoms with van der Waals surface area (Å²) in [6, 6.07) is 8.61. The molecule has 0 atom stereocenters. The van der Waals surface area contributed by atoms with Gasteiger partial charge in [-0.1, -0.05) is 0 Å². The largest absolute Gasteiger partial charge is 0.497 e. The van der Waals surface area contributed by atoms with Crippen LogP contribution in [0, 0.1) is 0 Å². The molecule has 1 aliphatic rings. The van der Waals surface area contributed by atoms with Crippen LogP contribution in [0.2, 0.25) is 0 Å². The molecule has 6 nitrogen and oxygen atoms in total. The first-order valence-corrected chi connectivity index (χ1v) is 6.79. The van der Waals surface area contributed by atoms with Crippen molar-refractivity contribution < 1.29 is 9.53 Å². The summed E-state index contributed by atoms with van der Waals surface area (Å²) in [5.41, 5.74) is 1.66. The minimum Gasteiger partial charge on any atom is -0.497 e. The van der Waals surface area contributed by atoms with Crippen LogP contribution in [0.5, 0.6) is 5.75 Å². The Kier molecular flexibility index (Phi) is 3.68. The highest BCUT2D eigenvalue weighted by Gasteiger charge is 2.25. The van der Waals surface area contributed by atoms with Crippen molar-refractivity contribution in [3.8, 4) is 5.75 Å². The first-order valence-electron chi connectivity index (χ1n) is 6.79. The standard InChI is InChI=1S/C15H16N4O2/c1-21-12-6-4-11(5-7-12)17-15(20)19-14-16-9-8-13(18-14)10-2-3-10/h4-10H,2-3H2,1H3,(H2,16,17,18,19,20). The highest BCUT2D eigenvalue weighted by molar-refractivity contribution is 5.98. The maximum absolute atomic E-state index is 11.9. The number of methoxy groups -OCH3 is 1. The van der Waals surface area contributed by atoms with Crippen molar-refractivity contribution >= 4 is 17.7 Å². The SMILES string of the molecule is COc1ccc(NC(=O)Nc2nccc(C3CC3)n2)cc1. The molecule has 6 heteroatoms. The average Bonchev–Trinajstić information content (AvgIpc) is 3.33. The molecule has 108 valence electrons. The Morgan fingerprint density at radius 2 is 1.95 bits per heavy atom. The molecule has 0 saturated heterocycles. The number of ether oxygens (including phenoxy) is 1. The van der Waals surface area contributed by atoms with Gasteiger partial charge in [0.05, 0.1) is 7.11 Å². The van der Waals surface area contributed by atoms with Crippen molar-refractivity contribution in [1.82, 2.24) is 9.97 Å². The van der Waals surface area contributed by atoms with Gasteiger partial charge >= 0.3 is 6.03 Å². The van der Waals surface area contributed by atoms with Gasteiger partial charge in [-0.2, -0.15) is 0 Å². The van der Waals surface area contributed by atoms with Gasteiger partial charge in [0, 0.05) is 23.5 Å². The Balaban J connectivity index is 1.61. The Hall–Kier alpha value is -2.63. The smallest absolute Gasteiger partial charge is 0.326 e.